The molecule has 1 aliphatic heterocycles. The van der Waals surface area contributed by atoms with E-state index >= 15 is 0 Å². The second-order valence-electron chi connectivity index (χ2n) is 6.51. The number of nitrogens with zero attached hydrogens (tertiary/aromatic N) is 3. The molecular formula is C20H20N4O2. The highest BCUT2D eigenvalue weighted by molar-refractivity contribution is 5.93. The number of pyridine rings is 1. The number of para-hydroxylation sites is 1. The molecule has 0 saturated heterocycles. The number of hydrogen-bond acceptors (Lipinski definition) is 4. The third kappa shape index (κ3) is 3.18. The maximum atomic E-state index is 12.4. The summed E-state index contributed by atoms with van der Waals surface area (Å²) in [5.74, 6) is 1.45. The Kier molecular flexibility index (Phi) is 4.16. The molecule has 1 aliphatic rings. The first-order valence-corrected chi connectivity index (χ1v) is 8.62. The summed E-state index contributed by atoms with van der Waals surface area (Å²) in [6.07, 6.45) is 2.36. The highest BCUT2D eigenvalue weighted by Crippen LogP contribution is 2.27. The van der Waals surface area contributed by atoms with Crippen molar-refractivity contribution >= 4 is 5.91 Å². The summed E-state index contributed by atoms with van der Waals surface area (Å²) in [5.41, 5.74) is 3.64. The van der Waals surface area contributed by atoms with E-state index in [4.69, 9.17) is 4.74 Å². The van der Waals surface area contributed by atoms with Crippen LogP contribution in [0, 0.1) is 13.8 Å². The molecule has 0 bridgehead atoms. The minimum atomic E-state index is -0.156. The van der Waals surface area contributed by atoms with E-state index in [0.29, 0.717) is 17.9 Å². The van der Waals surface area contributed by atoms with Gasteiger partial charge in [-0.2, -0.15) is 5.10 Å². The lowest BCUT2D eigenvalue weighted by Gasteiger charge is -2.12. The lowest BCUT2D eigenvalue weighted by atomic mass is 10.1. The van der Waals surface area contributed by atoms with Gasteiger partial charge in [0.15, 0.2) is 5.82 Å². The van der Waals surface area contributed by atoms with Crippen LogP contribution in [-0.2, 0) is 6.42 Å². The average molecular weight is 348 g/mol. The number of carbonyl (C=O) groups excluding carboxylic acids is 1. The fourth-order valence-electron chi connectivity index (χ4n) is 3.18. The highest BCUT2D eigenvalue weighted by Gasteiger charge is 2.22. The van der Waals surface area contributed by atoms with Crippen molar-refractivity contribution < 1.29 is 9.53 Å². The third-order valence-electron chi connectivity index (χ3n) is 4.44. The molecule has 2 aromatic heterocycles. The number of fused-ring (bicyclic) bond motifs is 1. The van der Waals surface area contributed by atoms with Crippen LogP contribution in [0.25, 0.3) is 5.82 Å². The number of hydrogen-bond donors (Lipinski definition) is 1. The van der Waals surface area contributed by atoms with E-state index in [1.807, 2.05) is 38.1 Å². The maximum Gasteiger partial charge on any atom is 0.252 e. The van der Waals surface area contributed by atoms with Gasteiger partial charge in [0.05, 0.1) is 17.8 Å². The number of rotatable bonds is 4. The summed E-state index contributed by atoms with van der Waals surface area (Å²) >= 11 is 0. The minimum Gasteiger partial charge on any atom is -0.488 e. The molecule has 6 heteroatoms. The smallest absolute Gasteiger partial charge is 0.252 e. The minimum absolute atomic E-state index is 0.0294. The van der Waals surface area contributed by atoms with Crippen molar-refractivity contribution in [1.82, 2.24) is 20.1 Å². The molecule has 132 valence electrons. The van der Waals surface area contributed by atoms with Crippen LogP contribution < -0.4 is 10.1 Å². The number of ether oxygens (including phenoxy) is 1. The Bertz CT molecular complexity index is 922. The van der Waals surface area contributed by atoms with Crippen molar-refractivity contribution in [2.24, 2.45) is 0 Å². The van der Waals surface area contributed by atoms with Gasteiger partial charge in [0.2, 0.25) is 0 Å². The standard InChI is InChI=1S/C20H20N4O2/c1-13-9-14(2)24(23-13)19-8-7-16(11-21-19)20(25)22-12-17-10-15-5-3-4-6-18(15)26-17/h3-9,11,17H,10,12H2,1-2H3,(H,22,25)/t17-/m1/s1. The topological polar surface area (TPSA) is 69.0 Å². The molecule has 3 aromatic rings. The van der Waals surface area contributed by atoms with Crippen LogP contribution in [0.4, 0.5) is 0 Å². The van der Waals surface area contributed by atoms with Crippen LogP contribution in [0.1, 0.15) is 27.3 Å². The Morgan fingerprint density at radius 2 is 2.12 bits per heavy atom. The summed E-state index contributed by atoms with van der Waals surface area (Å²) in [5, 5.41) is 7.32. The zero-order valence-corrected chi connectivity index (χ0v) is 14.8. The monoisotopic (exact) mass is 348 g/mol. The molecular weight excluding hydrogens is 328 g/mol. The molecule has 0 radical (unpaired) electrons. The van der Waals surface area contributed by atoms with Crippen molar-refractivity contribution in [2.45, 2.75) is 26.4 Å². The van der Waals surface area contributed by atoms with Crippen molar-refractivity contribution in [1.29, 1.82) is 0 Å². The number of benzene rings is 1. The largest absolute Gasteiger partial charge is 0.488 e. The van der Waals surface area contributed by atoms with Gasteiger partial charge < -0.3 is 10.1 Å². The van der Waals surface area contributed by atoms with Gasteiger partial charge in [0.25, 0.3) is 5.91 Å². The van der Waals surface area contributed by atoms with Gasteiger partial charge in [-0.3, -0.25) is 4.79 Å². The van der Waals surface area contributed by atoms with Crippen LogP contribution >= 0.6 is 0 Å². The second kappa shape index (κ2) is 6.63. The van der Waals surface area contributed by atoms with E-state index in [1.54, 1.807) is 23.0 Å². The summed E-state index contributed by atoms with van der Waals surface area (Å²) in [6.45, 7) is 4.38. The molecule has 26 heavy (non-hydrogen) atoms. The van der Waals surface area contributed by atoms with Gasteiger partial charge in [-0.1, -0.05) is 18.2 Å². The fraction of sp³-hybridized carbons (Fsp3) is 0.250. The van der Waals surface area contributed by atoms with Gasteiger partial charge in [0.1, 0.15) is 11.9 Å². The number of amides is 1. The Morgan fingerprint density at radius 3 is 2.81 bits per heavy atom. The molecule has 1 aromatic carbocycles. The van der Waals surface area contributed by atoms with E-state index in [2.05, 4.69) is 21.5 Å². The van der Waals surface area contributed by atoms with Crippen LogP contribution in [0.3, 0.4) is 0 Å². The van der Waals surface area contributed by atoms with Gasteiger partial charge in [-0.05, 0) is 43.7 Å². The quantitative estimate of drug-likeness (QED) is 0.787. The Morgan fingerprint density at radius 1 is 1.27 bits per heavy atom. The van der Waals surface area contributed by atoms with Crippen LogP contribution in [0.5, 0.6) is 5.75 Å². The lowest BCUT2D eigenvalue weighted by Crippen LogP contribution is -2.34. The molecule has 3 heterocycles. The number of aryl methyl sites for hydroxylation is 2. The lowest BCUT2D eigenvalue weighted by molar-refractivity contribution is 0.0933. The molecule has 6 nitrogen and oxygen atoms in total. The summed E-state index contributed by atoms with van der Waals surface area (Å²) in [7, 11) is 0. The average Bonchev–Trinajstić information content (AvgIpc) is 3.22. The Balaban J connectivity index is 1.38. The van der Waals surface area contributed by atoms with Crippen molar-refractivity contribution in [3.8, 4) is 11.6 Å². The number of aromatic nitrogens is 3. The summed E-state index contributed by atoms with van der Waals surface area (Å²) in [6, 6.07) is 13.5. The first-order chi connectivity index (χ1) is 12.6. The van der Waals surface area contributed by atoms with Gasteiger partial charge in [-0.15, -0.1) is 0 Å². The third-order valence-corrected chi connectivity index (χ3v) is 4.44. The van der Waals surface area contributed by atoms with Gasteiger partial charge in [0, 0.05) is 18.3 Å². The van der Waals surface area contributed by atoms with E-state index in [0.717, 1.165) is 23.6 Å². The molecule has 0 unspecified atom stereocenters. The SMILES string of the molecule is Cc1cc(C)n(-c2ccc(C(=O)NC[C@H]3Cc4ccccc4O3)cn2)n1. The second-order valence-corrected chi connectivity index (χ2v) is 6.51. The molecule has 4 rings (SSSR count). The number of nitrogens with one attached hydrogen (secondary N) is 1. The fourth-order valence-corrected chi connectivity index (χ4v) is 3.18. The highest BCUT2D eigenvalue weighted by atomic mass is 16.5. The number of carbonyl (C=O) groups is 1. The predicted molar refractivity (Wildman–Crippen MR) is 97.7 cm³/mol. The Labute approximate surface area is 151 Å². The molecule has 1 N–H and O–H groups in total. The molecule has 0 saturated carbocycles. The molecule has 1 amide bonds. The van der Waals surface area contributed by atoms with Gasteiger partial charge >= 0.3 is 0 Å². The van der Waals surface area contributed by atoms with Crippen molar-refractivity contribution in [3.63, 3.8) is 0 Å². The summed E-state index contributed by atoms with van der Waals surface area (Å²) in [4.78, 5) is 16.7. The zero-order chi connectivity index (χ0) is 18.1. The normalized spacial score (nSPS) is 15.4. The maximum absolute atomic E-state index is 12.4. The first kappa shape index (κ1) is 16.3. The molecule has 0 spiro atoms. The van der Waals surface area contributed by atoms with E-state index < -0.39 is 0 Å². The molecule has 1 atom stereocenters. The van der Waals surface area contributed by atoms with Crippen LogP contribution in [-0.4, -0.2) is 33.3 Å². The van der Waals surface area contributed by atoms with Crippen LogP contribution in [0.15, 0.2) is 48.7 Å². The molecule has 0 fully saturated rings. The molecule has 0 aliphatic carbocycles. The first-order valence-electron chi connectivity index (χ1n) is 8.62. The van der Waals surface area contributed by atoms with Crippen LogP contribution in [0.2, 0.25) is 0 Å². The zero-order valence-electron chi connectivity index (χ0n) is 14.8. The van der Waals surface area contributed by atoms with E-state index in [1.165, 1.54) is 5.56 Å². The van der Waals surface area contributed by atoms with Gasteiger partial charge in [-0.25, -0.2) is 9.67 Å². The predicted octanol–water partition coefficient (Wildman–Crippen LogP) is 2.62. The van der Waals surface area contributed by atoms with Crippen molar-refractivity contribution in [3.05, 3.63) is 71.2 Å². The van der Waals surface area contributed by atoms with E-state index in [-0.39, 0.29) is 12.0 Å². The van der Waals surface area contributed by atoms with E-state index in [9.17, 15) is 4.79 Å². The Hall–Kier alpha value is -3.15. The summed E-state index contributed by atoms with van der Waals surface area (Å²) < 4.78 is 7.61. The van der Waals surface area contributed by atoms with Crippen molar-refractivity contribution in [2.75, 3.05) is 6.54 Å².